The SMILES string of the molecule is CC(=O)C/C=C(\C)CCC1=C(C)CCCC1(C)C. The lowest BCUT2D eigenvalue weighted by molar-refractivity contribution is -0.116. The van der Waals surface area contributed by atoms with Crippen LogP contribution in [0, 0.1) is 5.41 Å². The number of ketones is 1. The number of Topliss-reactive ketones (excluding diaryl/α,β-unsaturated/α-hetero) is 1. The molecule has 0 aliphatic heterocycles. The molecule has 0 heterocycles. The summed E-state index contributed by atoms with van der Waals surface area (Å²) < 4.78 is 0. The molecular weight excluding hydrogens is 220 g/mol. The molecule has 0 fully saturated rings. The van der Waals surface area contributed by atoms with Crippen LogP contribution in [0.5, 0.6) is 0 Å². The summed E-state index contributed by atoms with van der Waals surface area (Å²) in [6, 6.07) is 0. The van der Waals surface area contributed by atoms with Crippen LogP contribution >= 0.6 is 0 Å². The maximum absolute atomic E-state index is 11.0. The number of allylic oxidation sites excluding steroid dienone is 4. The maximum Gasteiger partial charge on any atom is 0.133 e. The zero-order chi connectivity index (χ0) is 13.8. The molecule has 0 aromatic rings. The molecule has 1 aliphatic rings. The fourth-order valence-corrected chi connectivity index (χ4v) is 2.97. The monoisotopic (exact) mass is 248 g/mol. The van der Waals surface area contributed by atoms with Crippen molar-refractivity contribution < 1.29 is 4.79 Å². The van der Waals surface area contributed by atoms with Gasteiger partial charge in [0.05, 0.1) is 0 Å². The molecule has 0 unspecified atom stereocenters. The van der Waals surface area contributed by atoms with Gasteiger partial charge in [0.15, 0.2) is 0 Å². The number of rotatable bonds is 5. The van der Waals surface area contributed by atoms with Crippen molar-refractivity contribution in [3.63, 3.8) is 0 Å². The van der Waals surface area contributed by atoms with Crippen LogP contribution in [0.4, 0.5) is 0 Å². The van der Waals surface area contributed by atoms with Crippen LogP contribution in [0.3, 0.4) is 0 Å². The molecule has 1 rings (SSSR count). The van der Waals surface area contributed by atoms with Gasteiger partial charge in [-0.2, -0.15) is 0 Å². The van der Waals surface area contributed by atoms with Crippen LogP contribution in [0.2, 0.25) is 0 Å². The molecule has 0 radical (unpaired) electrons. The smallest absolute Gasteiger partial charge is 0.133 e. The Balaban J connectivity index is 2.61. The van der Waals surface area contributed by atoms with Gasteiger partial charge in [0, 0.05) is 6.42 Å². The third-order valence-corrected chi connectivity index (χ3v) is 4.19. The van der Waals surface area contributed by atoms with Gasteiger partial charge in [-0.15, -0.1) is 0 Å². The number of hydrogen-bond acceptors (Lipinski definition) is 1. The molecule has 0 saturated carbocycles. The largest absolute Gasteiger partial charge is 0.300 e. The summed E-state index contributed by atoms with van der Waals surface area (Å²) in [5, 5.41) is 0. The number of carbonyl (C=O) groups is 1. The van der Waals surface area contributed by atoms with E-state index in [1.165, 1.54) is 31.3 Å². The quantitative estimate of drug-likeness (QED) is 0.610. The van der Waals surface area contributed by atoms with Crippen molar-refractivity contribution >= 4 is 5.78 Å². The molecule has 1 aliphatic carbocycles. The Kier molecular flexibility index (Phi) is 5.37. The van der Waals surface area contributed by atoms with E-state index >= 15 is 0 Å². The van der Waals surface area contributed by atoms with Crippen LogP contribution in [0.15, 0.2) is 22.8 Å². The van der Waals surface area contributed by atoms with Gasteiger partial charge >= 0.3 is 0 Å². The Morgan fingerprint density at radius 3 is 2.56 bits per heavy atom. The second-order valence-electron chi connectivity index (χ2n) is 6.45. The normalized spacial score (nSPS) is 20.2. The zero-order valence-electron chi connectivity index (χ0n) is 12.7. The first-order valence-electron chi connectivity index (χ1n) is 7.17. The summed E-state index contributed by atoms with van der Waals surface area (Å²) in [5.41, 5.74) is 4.99. The van der Waals surface area contributed by atoms with Crippen molar-refractivity contribution in [3.05, 3.63) is 22.8 Å². The molecule has 0 atom stereocenters. The van der Waals surface area contributed by atoms with Crippen LogP contribution in [0.1, 0.15) is 73.1 Å². The van der Waals surface area contributed by atoms with E-state index in [-0.39, 0.29) is 5.78 Å². The van der Waals surface area contributed by atoms with Crippen molar-refractivity contribution in [1.82, 2.24) is 0 Å². The molecular formula is C17H28O. The standard InChI is InChI=1S/C17H28O/c1-13(8-10-15(3)18)9-11-16-14(2)7-6-12-17(16,4)5/h8H,6-7,9-12H2,1-5H3/b13-8+. The van der Waals surface area contributed by atoms with E-state index in [0.29, 0.717) is 11.8 Å². The van der Waals surface area contributed by atoms with Crippen molar-refractivity contribution in [2.75, 3.05) is 0 Å². The first kappa shape index (κ1) is 15.2. The van der Waals surface area contributed by atoms with Crippen molar-refractivity contribution in [1.29, 1.82) is 0 Å². The Hall–Kier alpha value is -0.850. The molecule has 102 valence electrons. The van der Waals surface area contributed by atoms with Crippen LogP contribution in [0.25, 0.3) is 0 Å². The lowest BCUT2D eigenvalue weighted by atomic mass is 9.71. The van der Waals surface area contributed by atoms with E-state index in [9.17, 15) is 4.79 Å². The third-order valence-electron chi connectivity index (χ3n) is 4.19. The van der Waals surface area contributed by atoms with Gasteiger partial charge in [0.2, 0.25) is 0 Å². The van der Waals surface area contributed by atoms with Gasteiger partial charge < -0.3 is 0 Å². The highest BCUT2D eigenvalue weighted by Crippen LogP contribution is 2.42. The van der Waals surface area contributed by atoms with Crippen LogP contribution in [-0.2, 0) is 4.79 Å². The highest BCUT2D eigenvalue weighted by Gasteiger charge is 2.27. The highest BCUT2D eigenvalue weighted by molar-refractivity contribution is 5.77. The fraction of sp³-hybridized carbons (Fsp3) is 0.706. The van der Waals surface area contributed by atoms with E-state index in [4.69, 9.17) is 0 Å². The molecule has 0 aromatic carbocycles. The molecule has 0 aromatic heterocycles. The number of hydrogen-bond donors (Lipinski definition) is 0. The van der Waals surface area contributed by atoms with Crippen LogP contribution in [-0.4, -0.2) is 5.78 Å². The topological polar surface area (TPSA) is 17.1 Å². The lowest BCUT2D eigenvalue weighted by Gasteiger charge is -2.34. The van der Waals surface area contributed by atoms with Crippen LogP contribution < -0.4 is 0 Å². The summed E-state index contributed by atoms with van der Waals surface area (Å²) in [6.45, 7) is 10.8. The summed E-state index contributed by atoms with van der Waals surface area (Å²) >= 11 is 0. The van der Waals surface area contributed by atoms with E-state index in [2.05, 4.69) is 33.8 Å². The second-order valence-corrected chi connectivity index (χ2v) is 6.45. The minimum absolute atomic E-state index is 0.253. The summed E-state index contributed by atoms with van der Waals surface area (Å²) in [5.74, 6) is 0.253. The lowest BCUT2D eigenvalue weighted by Crippen LogP contribution is -2.20. The van der Waals surface area contributed by atoms with E-state index in [1.807, 2.05) is 0 Å². The van der Waals surface area contributed by atoms with Crippen molar-refractivity contribution in [2.45, 2.75) is 73.1 Å². The zero-order valence-corrected chi connectivity index (χ0v) is 12.7. The van der Waals surface area contributed by atoms with Gasteiger partial charge in [-0.25, -0.2) is 0 Å². The molecule has 1 heteroatoms. The summed E-state index contributed by atoms with van der Waals surface area (Å²) in [4.78, 5) is 11.0. The minimum atomic E-state index is 0.253. The average molecular weight is 248 g/mol. The van der Waals surface area contributed by atoms with Gasteiger partial charge in [0.25, 0.3) is 0 Å². The maximum atomic E-state index is 11.0. The molecule has 0 bridgehead atoms. The van der Waals surface area contributed by atoms with E-state index < -0.39 is 0 Å². The molecule has 0 N–H and O–H groups in total. The van der Waals surface area contributed by atoms with Crippen molar-refractivity contribution in [3.8, 4) is 0 Å². The van der Waals surface area contributed by atoms with E-state index in [0.717, 1.165) is 6.42 Å². The first-order valence-corrected chi connectivity index (χ1v) is 7.17. The minimum Gasteiger partial charge on any atom is -0.300 e. The Morgan fingerprint density at radius 1 is 1.33 bits per heavy atom. The van der Waals surface area contributed by atoms with E-state index in [1.54, 1.807) is 18.1 Å². The first-order chi connectivity index (χ1) is 8.33. The van der Waals surface area contributed by atoms with Crippen molar-refractivity contribution in [2.24, 2.45) is 5.41 Å². The Labute approximate surface area is 112 Å². The predicted octanol–water partition coefficient (Wildman–Crippen LogP) is 5.22. The van der Waals surface area contributed by atoms with Gasteiger partial charge in [-0.3, -0.25) is 4.79 Å². The molecule has 18 heavy (non-hydrogen) atoms. The molecule has 0 amide bonds. The Bertz CT molecular complexity index is 369. The van der Waals surface area contributed by atoms with Gasteiger partial charge in [-0.05, 0) is 58.3 Å². The number of carbonyl (C=O) groups excluding carboxylic acids is 1. The average Bonchev–Trinajstić information content (AvgIpc) is 2.24. The van der Waals surface area contributed by atoms with Gasteiger partial charge in [0.1, 0.15) is 5.78 Å². The Morgan fingerprint density at radius 2 is 2.00 bits per heavy atom. The summed E-state index contributed by atoms with van der Waals surface area (Å²) in [6.07, 6.45) is 8.87. The molecule has 0 saturated heterocycles. The third kappa shape index (κ3) is 4.44. The predicted molar refractivity (Wildman–Crippen MR) is 78.6 cm³/mol. The summed E-state index contributed by atoms with van der Waals surface area (Å²) in [7, 11) is 0. The second kappa shape index (κ2) is 6.36. The molecule has 1 nitrogen and oxygen atoms in total. The molecule has 0 spiro atoms. The van der Waals surface area contributed by atoms with Gasteiger partial charge in [-0.1, -0.05) is 36.6 Å². The highest BCUT2D eigenvalue weighted by atomic mass is 16.1. The fourth-order valence-electron chi connectivity index (χ4n) is 2.97.